The highest BCUT2D eigenvalue weighted by molar-refractivity contribution is 7.16. The number of para-hydroxylation sites is 1. The molecule has 2 heterocycles. The lowest BCUT2D eigenvalue weighted by atomic mass is 10.0. The van der Waals surface area contributed by atoms with Crippen molar-refractivity contribution in [2.75, 3.05) is 13.7 Å². The predicted octanol–water partition coefficient (Wildman–Crippen LogP) is 5.44. The number of halogens is 1. The van der Waals surface area contributed by atoms with Crippen molar-refractivity contribution in [3.05, 3.63) is 95.0 Å². The van der Waals surface area contributed by atoms with Crippen LogP contribution in [0, 0.1) is 5.82 Å². The molecule has 0 aliphatic rings. The number of methoxy groups -OCH3 is 1. The number of aromatic nitrogens is 2. The van der Waals surface area contributed by atoms with Crippen LogP contribution in [-0.4, -0.2) is 29.2 Å². The second-order valence-corrected chi connectivity index (χ2v) is 8.51. The molecule has 0 saturated heterocycles. The molecule has 0 spiro atoms. The normalized spacial score (nSPS) is 12.0. The lowest BCUT2D eigenvalue weighted by molar-refractivity contribution is 0.0999. The first-order chi connectivity index (χ1) is 16.1. The van der Waals surface area contributed by atoms with Gasteiger partial charge in [0.05, 0.1) is 33.6 Å². The van der Waals surface area contributed by atoms with Crippen LogP contribution in [0.4, 0.5) is 4.39 Å². The van der Waals surface area contributed by atoms with Crippen molar-refractivity contribution < 1.29 is 13.9 Å². The second kappa shape index (κ2) is 9.05. The number of pyridine rings is 1. The highest BCUT2D eigenvalue weighted by Crippen LogP contribution is 2.25. The molecule has 5 aromatic rings. The number of hydrogen-bond acceptors (Lipinski definition) is 4. The average molecular weight is 458 g/mol. The Morgan fingerprint density at radius 3 is 2.67 bits per heavy atom. The van der Waals surface area contributed by atoms with Gasteiger partial charge in [-0.1, -0.05) is 59.9 Å². The average Bonchev–Trinajstić information content (AvgIpc) is 3.18. The van der Waals surface area contributed by atoms with Crippen LogP contribution in [0.3, 0.4) is 0 Å². The molecule has 0 N–H and O–H groups in total. The number of ether oxygens (including phenoxy) is 1. The maximum atomic E-state index is 13.8. The van der Waals surface area contributed by atoms with Gasteiger partial charge in [-0.25, -0.2) is 9.37 Å². The third-order valence-corrected chi connectivity index (χ3v) is 6.42. The first-order valence-corrected chi connectivity index (χ1v) is 11.3. The van der Waals surface area contributed by atoms with Gasteiger partial charge in [0, 0.05) is 24.6 Å². The van der Waals surface area contributed by atoms with Gasteiger partial charge in [0.15, 0.2) is 4.80 Å². The summed E-state index contributed by atoms with van der Waals surface area (Å²) in [5.74, 6) is -0.697. The van der Waals surface area contributed by atoms with E-state index in [1.54, 1.807) is 19.2 Å². The van der Waals surface area contributed by atoms with Crippen LogP contribution in [0.15, 0.2) is 83.9 Å². The molecule has 0 atom stereocenters. The Hall–Kier alpha value is -3.68. The van der Waals surface area contributed by atoms with Crippen molar-refractivity contribution in [3.8, 4) is 11.3 Å². The minimum atomic E-state index is -0.371. The number of carbonyl (C=O) groups excluding carboxylic acids is 1. The molecule has 0 unspecified atom stereocenters. The molecule has 2 aromatic heterocycles. The zero-order valence-electron chi connectivity index (χ0n) is 17.9. The Morgan fingerprint density at radius 1 is 1.06 bits per heavy atom. The molecule has 0 saturated carbocycles. The van der Waals surface area contributed by atoms with E-state index in [2.05, 4.69) is 4.99 Å². The van der Waals surface area contributed by atoms with E-state index in [0.29, 0.717) is 29.2 Å². The van der Waals surface area contributed by atoms with Crippen molar-refractivity contribution in [3.63, 3.8) is 0 Å². The Balaban J connectivity index is 1.69. The summed E-state index contributed by atoms with van der Waals surface area (Å²) in [5.41, 5.74) is 3.64. The molecule has 3 aromatic carbocycles. The van der Waals surface area contributed by atoms with E-state index in [1.165, 1.54) is 23.5 Å². The van der Waals surface area contributed by atoms with Crippen LogP contribution in [0.5, 0.6) is 0 Å². The van der Waals surface area contributed by atoms with Gasteiger partial charge in [-0.15, -0.1) is 0 Å². The summed E-state index contributed by atoms with van der Waals surface area (Å²) < 4.78 is 21.7. The molecule has 164 valence electrons. The number of benzene rings is 3. The smallest absolute Gasteiger partial charge is 0.280 e. The van der Waals surface area contributed by atoms with Crippen molar-refractivity contribution >= 4 is 38.4 Å². The number of fused-ring (bicyclic) bond motifs is 2. The zero-order valence-corrected chi connectivity index (χ0v) is 18.7. The first kappa shape index (κ1) is 21.2. The third-order valence-electron chi connectivity index (χ3n) is 5.38. The number of amides is 1. The standard InChI is InChI=1S/C26H20FN3O2S/c1-32-14-13-30-23-12-11-18(27)15-24(23)33-26(30)29-25(31)20-16-22(17-7-3-2-4-8-17)28-21-10-6-5-9-19(20)21/h2-12,15-16H,13-14H2,1H3. The maximum absolute atomic E-state index is 13.8. The Kier molecular flexibility index (Phi) is 5.81. The van der Waals surface area contributed by atoms with Crippen LogP contribution in [0.25, 0.3) is 32.4 Å². The van der Waals surface area contributed by atoms with E-state index < -0.39 is 0 Å². The summed E-state index contributed by atoms with van der Waals surface area (Å²) in [7, 11) is 1.62. The molecule has 7 heteroatoms. The number of hydrogen-bond donors (Lipinski definition) is 0. The Bertz CT molecular complexity index is 1540. The molecule has 0 radical (unpaired) electrons. The predicted molar refractivity (Wildman–Crippen MR) is 129 cm³/mol. The number of thiazole rings is 1. The molecule has 1 amide bonds. The molecule has 0 fully saturated rings. The SMILES string of the molecule is COCCn1c(=NC(=O)c2cc(-c3ccccc3)nc3ccccc23)sc2cc(F)ccc21. The van der Waals surface area contributed by atoms with Crippen molar-refractivity contribution in [1.29, 1.82) is 0 Å². The quantitative estimate of drug-likeness (QED) is 0.353. The molecule has 33 heavy (non-hydrogen) atoms. The zero-order chi connectivity index (χ0) is 22.8. The topological polar surface area (TPSA) is 56.5 Å². The molecule has 0 bridgehead atoms. The fraction of sp³-hybridized carbons (Fsp3) is 0.115. The Labute approximate surface area is 193 Å². The summed E-state index contributed by atoms with van der Waals surface area (Å²) in [6, 6.07) is 23.6. The van der Waals surface area contributed by atoms with Crippen LogP contribution in [0.1, 0.15) is 10.4 Å². The summed E-state index contributed by atoms with van der Waals surface area (Å²) in [4.78, 5) is 23.2. The summed E-state index contributed by atoms with van der Waals surface area (Å²) in [6.07, 6.45) is 0. The van der Waals surface area contributed by atoms with E-state index in [0.717, 1.165) is 26.7 Å². The first-order valence-electron chi connectivity index (χ1n) is 10.5. The fourth-order valence-corrected chi connectivity index (χ4v) is 4.87. The molecule has 5 rings (SSSR count). The largest absolute Gasteiger partial charge is 0.383 e. The van der Waals surface area contributed by atoms with Crippen LogP contribution >= 0.6 is 11.3 Å². The Morgan fingerprint density at radius 2 is 1.85 bits per heavy atom. The van der Waals surface area contributed by atoms with Crippen LogP contribution in [-0.2, 0) is 11.3 Å². The monoisotopic (exact) mass is 457 g/mol. The molecule has 0 aliphatic carbocycles. The molecule has 5 nitrogen and oxygen atoms in total. The van der Waals surface area contributed by atoms with Crippen molar-refractivity contribution in [2.45, 2.75) is 6.54 Å². The highest BCUT2D eigenvalue weighted by Gasteiger charge is 2.15. The van der Waals surface area contributed by atoms with E-state index >= 15 is 0 Å². The van der Waals surface area contributed by atoms with Gasteiger partial charge >= 0.3 is 0 Å². The molecular formula is C26H20FN3O2S. The molecular weight excluding hydrogens is 437 g/mol. The van der Waals surface area contributed by atoms with E-state index in [9.17, 15) is 9.18 Å². The maximum Gasteiger partial charge on any atom is 0.280 e. The van der Waals surface area contributed by atoms with Crippen LogP contribution in [0.2, 0.25) is 0 Å². The fourth-order valence-electron chi connectivity index (χ4n) is 3.79. The lowest BCUT2D eigenvalue weighted by Crippen LogP contribution is -2.19. The summed E-state index contributed by atoms with van der Waals surface area (Å²) in [6.45, 7) is 0.946. The van der Waals surface area contributed by atoms with Gasteiger partial charge in [-0.2, -0.15) is 4.99 Å². The van der Waals surface area contributed by atoms with Gasteiger partial charge in [-0.3, -0.25) is 4.79 Å². The van der Waals surface area contributed by atoms with Crippen molar-refractivity contribution in [2.24, 2.45) is 4.99 Å². The van der Waals surface area contributed by atoms with Gasteiger partial charge < -0.3 is 9.30 Å². The minimum Gasteiger partial charge on any atom is -0.383 e. The van der Waals surface area contributed by atoms with Gasteiger partial charge in [0.2, 0.25) is 0 Å². The lowest BCUT2D eigenvalue weighted by Gasteiger charge is -2.08. The van der Waals surface area contributed by atoms with Gasteiger partial charge in [-0.05, 0) is 30.3 Å². The van der Waals surface area contributed by atoms with Crippen molar-refractivity contribution in [1.82, 2.24) is 9.55 Å². The van der Waals surface area contributed by atoms with Gasteiger partial charge in [0.1, 0.15) is 5.82 Å². The number of nitrogens with zero attached hydrogens (tertiary/aromatic N) is 3. The minimum absolute atomic E-state index is 0.326. The van der Waals surface area contributed by atoms with Crippen LogP contribution < -0.4 is 4.80 Å². The van der Waals surface area contributed by atoms with E-state index in [4.69, 9.17) is 9.72 Å². The number of rotatable bonds is 5. The van der Waals surface area contributed by atoms with Gasteiger partial charge in [0.25, 0.3) is 5.91 Å². The van der Waals surface area contributed by atoms with E-state index in [-0.39, 0.29) is 11.7 Å². The summed E-state index contributed by atoms with van der Waals surface area (Å²) >= 11 is 1.28. The van der Waals surface area contributed by atoms with E-state index in [1.807, 2.05) is 59.2 Å². The molecule has 0 aliphatic heterocycles. The number of carbonyl (C=O) groups is 1. The highest BCUT2D eigenvalue weighted by atomic mass is 32.1. The second-order valence-electron chi connectivity index (χ2n) is 7.50. The summed E-state index contributed by atoms with van der Waals surface area (Å²) in [5, 5.41) is 0.738. The third kappa shape index (κ3) is 4.20.